The summed E-state index contributed by atoms with van der Waals surface area (Å²) < 4.78 is 10.8. The molecule has 92 valence electrons. The Balaban J connectivity index is 2.29. The van der Waals surface area contributed by atoms with E-state index in [1.165, 1.54) is 6.07 Å². The maximum absolute atomic E-state index is 10.9. The summed E-state index contributed by atoms with van der Waals surface area (Å²) >= 11 is 0. The molecule has 0 radical (unpaired) electrons. The van der Waals surface area contributed by atoms with Crippen molar-refractivity contribution in [2.75, 3.05) is 13.2 Å². The molecule has 0 bridgehead atoms. The summed E-state index contributed by atoms with van der Waals surface area (Å²) in [4.78, 5) is 10.4. The van der Waals surface area contributed by atoms with Crippen molar-refractivity contribution in [3.05, 3.63) is 39.4 Å². The topological polar surface area (TPSA) is 87.6 Å². The molecule has 0 aliphatic carbocycles. The first-order chi connectivity index (χ1) is 8.22. The molecule has 2 rings (SSSR count). The van der Waals surface area contributed by atoms with Gasteiger partial charge < -0.3 is 15.2 Å². The predicted octanol–water partition coefficient (Wildman–Crippen LogP) is 1.49. The molecule has 1 saturated heterocycles. The number of rotatable bonds is 3. The number of nitro groups is 1. The van der Waals surface area contributed by atoms with E-state index in [2.05, 4.69) is 0 Å². The SMILES string of the molecule is NCc1ccc(C2OCCCO2)cc1[N+](=O)[O-]. The van der Waals surface area contributed by atoms with Gasteiger partial charge in [0.25, 0.3) is 5.69 Å². The number of benzene rings is 1. The predicted molar refractivity (Wildman–Crippen MR) is 60.2 cm³/mol. The van der Waals surface area contributed by atoms with Crippen LogP contribution in [0.15, 0.2) is 18.2 Å². The smallest absolute Gasteiger partial charge is 0.274 e. The van der Waals surface area contributed by atoms with Crippen LogP contribution in [0.2, 0.25) is 0 Å². The Hall–Kier alpha value is -1.50. The molecule has 1 aliphatic rings. The molecule has 1 aromatic rings. The zero-order chi connectivity index (χ0) is 12.3. The third-order valence-electron chi connectivity index (χ3n) is 2.63. The van der Waals surface area contributed by atoms with E-state index >= 15 is 0 Å². The average molecular weight is 238 g/mol. The molecule has 2 N–H and O–H groups in total. The van der Waals surface area contributed by atoms with Crippen LogP contribution < -0.4 is 5.73 Å². The molecule has 0 aromatic heterocycles. The second-order valence-corrected chi connectivity index (χ2v) is 3.78. The summed E-state index contributed by atoms with van der Waals surface area (Å²) in [6.07, 6.45) is 0.341. The van der Waals surface area contributed by atoms with Gasteiger partial charge in [0.15, 0.2) is 6.29 Å². The summed E-state index contributed by atoms with van der Waals surface area (Å²) in [5.74, 6) is 0. The number of hydrogen-bond donors (Lipinski definition) is 1. The van der Waals surface area contributed by atoms with Gasteiger partial charge in [-0.1, -0.05) is 12.1 Å². The molecule has 6 heteroatoms. The van der Waals surface area contributed by atoms with E-state index in [0.717, 1.165) is 6.42 Å². The first-order valence-corrected chi connectivity index (χ1v) is 5.43. The highest BCUT2D eigenvalue weighted by Gasteiger charge is 2.21. The molecular formula is C11H14N2O4. The maximum atomic E-state index is 10.9. The molecule has 0 atom stereocenters. The third-order valence-corrected chi connectivity index (χ3v) is 2.63. The molecule has 0 unspecified atom stereocenters. The van der Waals surface area contributed by atoms with E-state index < -0.39 is 11.2 Å². The van der Waals surface area contributed by atoms with Crippen LogP contribution >= 0.6 is 0 Å². The molecular weight excluding hydrogens is 224 g/mol. The van der Waals surface area contributed by atoms with Gasteiger partial charge in [-0.25, -0.2) is 0 Å². The van der Waals surface area contributed by atoms with Crippen LogP contribution in [-0.2, 0) is 16.0 Å². The Morgan fingerprint density at radius 1 is 1.41 bits per heavy atom. The number of nitrogens with zero attached hydrogens (tertiary/aromatic N) is 1. The van der Waals surface area contributed by atoms with Crippen LogP contribution in [0.25, 0.3) is 0 Å². The van der Waals surface area contributed by atoms with Crippen molar-refractivity contribution in [1.82, 2.24) is 0 Å². The van der Waals surface area contributed by atoms with Gasteiger partial charge in [-0.3, -0.25) is 10.1 Å². The number of nitro benzene ring substituents is 1. The van der Waals surface area contributed by atoms with Gasteiger partial charge in [-0.15, -0.1) is 0 Å². The largest absolute Gasteiger partial charge is 0.348 e. The minimum Gasteiger partial charge on any atom is -0.348 e. The summed E-state index contributed by atoms with van der Waals surface area (Å²) in [5, 5.41) is 10.9. The first kappa shape index (κ1) is 12.0. The van der Waals surface area contributed by atoms with E-state index in [1.54, 1.807) is 12.1 Å². The van der Waals surface area contributed by atoms with Crippen LogP contribution in [0.5, 0.6) is 0 Å². The maximum Gasteiger partial charge on any atom is 0.274 e. The summed E-state index contributed by atoms with van der Waals surface area (Å²) in [5.41, 5.74) is 6.64. The normalized spacial score (nSPS) is 17.0. The second-order valence-electron chi connectivity index (χ2n) is 3.78. The Bertz CT molecular complexity index is 416. The lowest BCUT2D eigenvalue weighted by Crippen LogP contribution is -2.18. The van der Waals surface area contributed by atoms with Crippen LogP contribution in [0.3, 0.4) is 0 Å². The van der Waals surface area contributed by atoms with Gasteiger partial charge in [-0.2, -0.15) is 0 Å². The lowest BCUT2D eigenvalue weighted by atomic mass is 10.1. The number of hydrogen-bond acceptors (Lipinski definition) is 5. The van der Waals surface area contributed by atoms with Gasteiger partial charge in [0.05, 0.1) is 18.1 Å². The Morgan fingerprint density at radius 3 is 2.71 bits per heavy atom. The lowest BCUT2D eigenvalue weighted by Gasteiger charge is -2.23. The molecule has 1 aromatic carbocycles. The minimum absolute atomic E-state index is 0.0165. The van der Waals surface area contributed by atoms with Crippen LogP contribution in [0.4, 0.5) is 5.69 Å². The fourth-order valence-electron chi connectivity index (χ4n) is 1.75. The zero-order valence-electron chi connectivity index (χ0n) is 9.30. The summed E-state index contributed by atoms with van der Waals surface area (Å²) in [6, 6.07) is 4.87. The Labute approximate surface area is 98.5 Å². The van der Waals surface area contributed by atoms with Crippen LogP contribution in [0.1, 0.15) is 23.8 Å². The third kappa shape index (κ3) is 2.60. The van der Waals surface area contributed by atoms with Crippen molar-refractivity contribution in [2.45, 2.75) is 19.3 Å². The Kier molecular flexibility index (Phi) is 3.68. The average Bonchev–Trinajstić information content (AvgIpc) is 2.39. The summed E-state index contributed by atoms with van der Waals surface area (Å²) in [6.45, 7) is 1.36. The zero-order valence-corrected chi connectivity index (χ0v) is 9.30. The molecule has 0 amide bonds. The molecule has 0 saturated carbocycles. The van der Waals surface area contributed by atoms with E-state index in [-0.39, 0.29) is 12.2 Å². The summed E-state index contributed by atoms with van der Waals surface area (Å²) in [7, 11) is 0. The van der Waals surface area contributed by atoms with Crippen LogP contribution in [0, 0.1) is 10.1 Å². The highest BCUT2D eigenvalue weighted by atomic mass is 16.7. The first-order valence-electron chi connectivity index (χ1n) is 5.43. The second kappa shape index (κ2) is 5.22. The Morgan fingerprint density at radius 2 is 2.12 bits per heavy atom. The highest BCUT2D eigenvalue weighted by Crippen LogP contribution is 2.28. The van der Waals surface area contributed by atoms with E-state index in [1.807, 2.05) is 0 Å². The quantitative estimate of drug-likeness (QED) is 0.636. The van der Waals surface area contributed by atoms with E-state index in [0.29, 0.717) is 24.3 Å². The van der Waals surface area contributed by atoms with Crippen molar-refractivity contribution in [3.63, 3.8) is 0 Å². The van der Waals surface area contributed by atoms with Crippen molar-refractivity contribution in [2.24, 2.45) is 5.73 Å². The van der Waals surface area contributed by atoms with Crippen molar-refractivity contribution in [1.29, 1.82) is 0 Å². The van der Waals surface area contributed by atoms with Crippen molar-refractivity contribution < 1.29 is 14.4 Å². The van der Waals surface area contributed by atoms with Gasteiger partial charge in [-0.05, 0) is 6.42 Å². The van der Waals surface area contributed by atoms with Gasteiger partial charge in [0, 0.05) is 23.7 Å². The molecule has 1 fully saturated rings. The van der Waals surface area contributed by atoms with E-state index in [4.69, 9.17) is 15.2 Å². The van der Waals surface area contributed by atoms with E-state index in [9.17, 15) is 10.1 Å². The van der Waals surface area contributed by atoms with Crippen LogP contribution in [-0.4, -0.2) is 18.1 Å². The van der Waals surface area contributed by atoms with Gasteiger partial charge >= 0.3 is 0 Å². The monoisotopic (exact) mass is 238 g/mol. The number of nitrogens with two attached hydrogens (primary N) is 1. The molecule has 0 spiro atoms. The molecule has 17 heavy (non-hydrogen) atoms. The molecule has 1 aliphatic heterocycles. The fraction of sp³-hybridized carbons (Fsp3) is 0.455. The van der Waals surface area contributed by atoms with Gasteiger partial charge in [0.1, 0.15) is 0 Å². The lowest BCUT2D eigenvalue weighted by molar-refractivity contribution is -0.385. The highest BCUT2D eigenvalue weighted by molar-refractivity contribution is 5.43. The standard InChI is InChI=1S/C11H14N2O4/c12-7-9-3-2-8(6-10(9)13(14)15)11-16-4-1-5-17-11/h2-3,6,11H,1,4-5,7,12H2. The molecule has 6 nitrogen and oxygen atoms in total. The fourth-order valence-corrected chi connectivity index (χ4v) is 1.75. The van der Waals surface area contributed by atoms with Crippen molar-refractivity contribution >= 4 is 5.69 Å². The number of ether oxygens (including phenoxy) is 2. The molecule has 1 heterocycles. The van der Waals surface area contributed by atoms with Gasteiger partial charge in [0.2, 0.25) is 0 Å². The minimum atomic E-state index is -0.505. The van der Waals surface area contributed by atoms with Crippen molar-refractivity contribution in [3.8, 4) is 0 Å².